The second kappa shape index (κ2) is 10.7. The average Bonchev–Trinajstić information content (AvgIpc) is 3.57. The quantitative estimate of drug-likeness (QED) is 0.287. The fraction of sp³-hybridized carbons (Fsp3) is 0.448. The molecule has 2 aromatic carbocycles. The molecule has 4 aromatic rings. The van der Waals surface area contributed by atoms with Gasteiger partial charge in [0.25, 0.3) is 0 Å². The molecular formula is C29H35F2N7O3. The summed E-state index contributed by atoms with van der Waals surface area (Å²) in [5.41, 5.74) is -0.539. The van der Waals surface area contributed by atoms with Gasteiger partial charge < -0.3 is 20.4 Å². The normalized spacial score (nSPS) is 20.1. The number of anilines is 1. The maximum atomic E-state index is 15.0. The van der Waals surface area contributed by atoms with Crippen LogP contribution in [0.5, 0.6) is 0 Å². The minimum Gasteiger partial charge on any atom is -0.465 e. The molecule has 0 radical (unpaired) electrons. The maximum absolute atomic E-state index is 15.0. The Morgan fingerprint density at radius 3 is 2.61 bits per heavy atom. The van der Waals surface area contributed by atoms with E-state index in [2.05, 4.69) is 41.3 Å². The van der Waals surface area contributed by atoms with Gasteiger partial charge in [-0.3, -0.25) is 4.68 Å². The molecule has 0 bridgehead atoms. The van der Waals surface area contributed by atoms with Gasteiger partial charge in [0.15, 0.2) is 0 Å². The zero-order valence-electron chi connectivity index (χ0n) is 23.5. The number of piperidine rings is 1. The summed E-state index contributed by atoms with van der Waals surface area (Å²) in [7, 11) is 0. The van der Waals surface area contributed by atoms with Gasteiger partial charge >= 0.3 is 6.09 Å². The first kappa shape index (κ1) is 28.5. The zero-order valence-corrected chi connectivity index (χ0v) is 23.5. The van der Waals surface area contributed by atoms with E-state index >= 15 is 4.39 Å². The third kappa shape index (κ3) is 5.61. The summed E-state index contributed by atoms with van der Waals surface area (Å²) < 4.78 is 31.8. The van der Waals surface area contributed by atoms with Crippen LogP contribution in [-0.4, -0.2) is 64.4 Å². The lowest BCUT2D eigenvalue weighted by Gasteiger charge is -2.45. The number of hydrogen-bond donors (Lipinski definition) is 3. The van der Waals surface area contributed by atoms with Crippen molar-refractivity contribution < 1.29 is 23.8 Å². The predicted molar refractivity (Wildman–Crippen MR) is 149 cm³/mol. The number of amides is 1. The van der Waals surface area contributed by atoms with E-state index in [0.29, 0.717) is 19.4 Å². The molecule has 1 aliphatic heterocycles. The van der Waals surface area contributed by atoms with Crippen LogP contribution in [0.4, 0.5) is 19.3 Å². The van der Waals surface area contributed by atoms with Gasteiger partial charge in [-0.1, -0.05) is 26.8 Å². The largest absolute Gasteiger partial charge is 0.465 e. The van der Waals surface area contributed by atoms with Gasteiger partial charge in [-0.2, -0.15) is 10.2 Å². The van der Waals surface area contributed by atoms with Crippen LogP contribution >= 0.6 is 0 Å². The van der Waals surface area contributed by atoms with Crippen molar-refractivity contribution in [2.75, 3.05) is 11.9 Å². The molecule has 0 spiro atoms. The number of nitrogens with zero attached hydrogens (tertiary/aromatic N) is 6. The Hall–Kier alpha value is -4.06. The van der Waals surface area contributed by atoms with Crippen molar-refractivity contribution in [2.45, 2.75) is 70.8 Å². The zero-order chi connectivity index (χ0) is 29.5. The van der Waals surface area contributed by atoms with Gasteiger partial charge in [0, 0.05) is 41.3 Å². The minimum absolute atomic E-state index is 0.0788. The molecule has 0 saturated carbocycles. The monoisotopic (exact) mass is 567 g/mol. The third-order valence-electron chi connectivity index (χ3n) is 8.14. The SMILES string of the molecule is C[C@@H](n1ncc2cc(NC3CCN(C(=O)O)C(C(C)(C)C)C3)ccc21)[C@](O)(Cn1cncn1)c1ccc(F)cc1F. The van der Waals surface area contributed by atoms with Gasteiger partial charge in [-0.15, -0.1) is 0 Å². The van der Waals surface area contributed by atoms with Crippen LogP contribution in [0.1, 0.15) is 52.1 Å². The highest BCUT2D eigenvalue weighted by Gasteiger charge is 2.42. The van der Waals surface area contributed by atoms with Crippen molar-refractivity contribution >= 4 is 22.7 Å². The number of rotatable bonds is 7. The highest BCUT2D eigenvalue weighted by molar-refractivity contribution is 5.82. The number of benzene rings is 2. The number of likely N-dealkylation sites (tertiary alicyclic amines) is 1. The van der Waals surface area contributed by atoms with Crippen molar-refractivity contribution in [3.05, 3.63) is 72.4 Å². The highest BCUT2D eigenvalue weighted by Crippen LogP contribution is 2.38. The Morgan fingerprint density at radius 2 is 1.95 bits per heavy atom. The Bertz CT molecular complexity index is 1540. The molecular weight excluding hydrogens is 532 g/mol. The van der Waals surface area contributed by atoms with Gasteiger partial charge in [0.2, 0.25) is 0 Å². The Morgan fingerprint density at radius 1 is 1.17 bits per heavy atom. The molecule has 1 fully saturated rings. The summed E-state index contributed by atoms with van der Waals surface area (Å²) in [6, 6.07) is 8.05. The fourth-order valence-corrected chi connectivity index (χ4v) is 5.88. The van der Waals surface area contributed by atoms with E-state index in [1.165, 1.54) is 28.3 Å². The molecule has 2 aromatic heterocycles. The average molecular weight is 568 g/mol. The summed E-state index contributed by atoms with van der Waals surface area (Å²) in [6.45, 7) is 8.21. The van der Waals surface area contributed by atoms with E-state index in [1.54, 1.807) is 17.8 Å². The Labute approximate surface area is 236 Å². The first-order valence-corrected chi connectivity index (χ1v) is 13.6. The summed E-state index contributed by atoms with van der Waals surface area (Å²) in [6.07, 6.45) is 4.89. The number of halogens is 2. The summed E-state index contributed by atoms with van der Waals surface area (Å²) in [4.78, 5) is 17.3. The van der Waals surface area contributed by atoms with Gasteiger partial charge in [0.05, 0.1) is 24.3 Å². The number of nitrogens with one attached hydrogen (secondary N) is 1. The van der Waals surface area contributed by atoms with Crippen molar-refractivity contribution in [1.82, 2.24) is 29.4 Å². The second-order valence-corrected chi connectivity index (χ2v) is 11.9. The van der Waals surface area contributed by atoms with Crippen LogP contribution in [0.3, 0.4) is 0 Å². The predicted octanol–water partition coefficient (Wildman–Crippen LogP) is 5.02. The van der Waals surface area contributed by atoms with Crippen LogP contribution in [0.25, 0.3) is 10.9 Å². The molecule has 10 nitrogen and oxygen atoms in total. The fourth-order valence-electron chi connectivity index (χ4n) is 5.88. The van der Waals surface area contributed by atoms with Crippen LogP contribution < -0.4 is 5.32 Å². The molecule has 3 heterocycles. The molecule has 41 heavy (non-hydrogen) atoms. The standard InChI is InChI=1S/C29H35F2N7O3/c1-18(29(41,15-36-17-32-16-34-36)23-7-5-20(30)12-24(23)31)38-25-8-6-21(11-19(25)14-33-38)35-22-9-10-37(27(39)40)26(13-22)28(2,3)4/h5-8,11-12,14,16-18,22,26,35,41H,9-10,13,15H2,1-4H3,(H,39,40)/t18-,22?,26?,29-/m1/s1. The van der Waals surface area contributed by atoms with Crippen molar-refractivity contribution in [3.63, 3.8) is 0 Å². The third-order valence-corrected chi connectivity index (χ3v) is 8.14. The van der Waals surface area contributed by atoms with Crippen LogP contribution in [0.15, 0.2) is 55.2 Å². The summed E-state index contributed by atoms with van der Waals surface area (Å²) >= 11 is 0. The van der Waals surface area contributed by atoms with Crippen LogP contribution in [-0.2, 0) is 12.1 Å². The number of carbonyl (C=O) groups is 1. The van der Waals surface area contributed by atoms with Gasteiger partial charge in [-0.25, -0.2) is 23.2 Å². The molecule has 2 unspecified atom stereocenters. The number of aromatic nitrogens is 5. The number of carboxylic acid groups (broad SMARTS) is 1. The molecule has 5 rings (SSSR count). The van der Waals surface area contributed by atoms with E-state index in [9.17, 15) is 19.4 Å². The van der Waals surface area contributed by atoms with E-state index < -0.39 is 29.4 Å². The minimum atomic E-state index is -1.85. The van der Waals surface area contributed by atoms with Gasteiger partial charge in [0.1, 0.15) is 29.9 Å². The molecule has 4 atom stereocenters. The first-order valence-electron chi connectivity index (χ1n) is 13.6. The molecule has 0 aliphatic carbocycles. The topological polar surface area (TPSA) is 121 Å². The Kier molecular flexibility index (Phi) is 7.45. The van der Waals surface area contributed by atoms with E-state index in [-0.39, 0.29) is 29.6 Å². The molecule has 218 valence electrons. The molecule has 3 N–H and O–H groups in total. The van der Waals surface area contributed by atoms with Gasteiger partial charge in [-0.05, 0) is 49.4 Å². The van der Waals surface area contributed by atoms with Crippen LogP contribution in [0.2, 0.25) is 0 Å². The van der Waals surface area contributed by atoms with E-state index in [0.717, 1.165) is 28.7 Å². The molecule has 12 heteroatoms. The summed E-state index contributed by atoms with van der Waals surface area (Å²) in [5, 5.41) is 34.6. The summed E-state index contributed by atoms with van der Waals surface area (Å²) in [5.74, 6) is -1.61. The Balaban J connectivity index is 1.42. The molecule has 1 aliphatic rings. The van der Waals surface area contributed by atoms with Crippen molar-refractivity contribution in [1.29, 1.82) is 0 Å². The van der Waals surface area contributed by atoms with E-state index in [4.69, 9.17) is 0 Å². The van der Waals surface area contributed by atoms with Crippen LogP contribution in [0, 0.1) is 17.0 Å². The number of aliphatic hydroxyl groups is 1. The number of hydrogen-bond acceptors (Lipinski definition) is 6. The molecule has 1 saturated heterocycles. The van der Waals surface area contributed by atoms with Crippen molar-refractivity contribution in [3.8, 4) is 0 Å². The lowest BCUT2D eigenvalue weighted by Crippen LogP contribution is -2.54. The van der Waals surface area contributed by atoms with Crippen molar-refractivity contribution in [2.24, 2.45) is 5.41 Å². The first-order chi connectivity index (χ1) is 19.4. The number of fused-ring (bicyclic) bond motifs is 1. The lowest BCUT2D eigenvalue weighted by molar-refractivity contribution is -0.0354. The second-order valence-electron chi connectivity index (χ2n) is 11.9. The smallest absolute Gasteiger partial charge is 0.407 e. The lowest BCUT2D eigenvalue weighted by atomic mass is 9.79. The highest BCUT2D eigenvalue weighted by atomic mass is 19.1. The maximum Gasteiger partial charge on any atom is 0.407 e. The molecule has 1 amide bonds. The van der Waals surface area contributed by atoms with E-state index in [1.807, 2.05) is 18.2 Å².